The SMILES string of the molecule is Cc1cccn2c(=O)c3cc(C(=O)N4c5ccccc5C[C@H]4C)sc3nc12. The number of amides is 1. The first-order chi connectivity index (χ1) is 13.0. The zero-order valence-electron chi connectivity index (χ0n) is 15.0. The molecule has 1 aromatic carbocycles. The summed E-state index contributed by atoms with van der Waals surface area (Å²) in [6, 6.07) is 13.5. The van der Waals surface area contributed by atoms with Gasteiger partial charge in [0.1, 0.15) is 10.5 Å². The van der Waals surface area contributed by atoms with Crippen molar-refractivity contribution in [2.75, 3.05) is 4.90 Å². The Bertz CT molecular complexity index is 1290. The van der Waals surface area contributed by atoms with E-state index in [1.807, 2.05) is 42.2 Å². The van der Waals surface area contributed by atoms with Crippen molar-refractivity contribution in [2.24, 2.45) is 0 Å². The number of pyridine rings is 1. The molecule has 0 radical (unpaired) electrons. The summed E-state index contributed by atoms with van der Waals surface area (Å²) in [7, 11) is 0. The molecule has 3 aromatic heterocycles. The van der Waals surface area contributed by atoms with Gasteiger partial charge in [0.2, 0.25) is 0 Å². The number of hydrogen-bond acceptors (Lipinski definition) is 4. The maximum atomic E-state index is 13.3. The van der Waals surface area contributed by atoms with Crippen molar-refractivity contribution < 1.29 is 4.79 Å². The minimum atomic E-state index is -0.135. The van der Waals surface area contributed by atoms with E-state index >= 15 is 0 Å². The van der Waals surface area contributed by atoms with Crippen LogP contribution in [-0.4, -0.2) is 21.3 Å². The predicted molar refractivity (Wildman–Crippen MR) is 108 cm³/mol. The van der Waals surface area contributed by atoms with E-state index in [0.29, 0.717) is 20.7 Å². The van der Waals surface area contributed by atoms with Gasteiger partial charge in [-0.25, -0.2) is 4.98 Å². The molecule has 6 heteroatoms. The van der Waals surface area contributed by atoms with Crippen molar-refractivity contribution in [1.29, 1.82) is 0 Å². The summed E-state index contributed by atoms with van der Waals surface area (Å²) < 4.78 is 1.55. The van der Waals surface area contributed by atoms with Crippen molar-refractivity contribution in [3.8, 4) is 0 Å². The third kappa shape index (κ3) is 2.33. The number of aryl methyl sites for hydroxylation is 1. The van der Waals surface area contributed by atoms with Gasteiger partial charge in [0, 0.05) is 17.9 Å². The topological polar surface area (TPSA) is 54.7 Å². The van der Waals surface area contributed by atoms with Crippen LogP contribution in [0, 0.1) is 6.92 Å². The number of carbonyl (C=O) groups is 1. The minimum absolute atomic E-state index is 0.0689. The highest BCUT2D eigenvalue weighted by molar-refractivity contribution is 7.20. The molecule has 0 unspecified atom stereocenters. The fourth-order valence-corrected chi connectivity index (χ4v) is 4.82. The molecule has 27 heavy (non-hydrogen) atoms. The summed E-state index contributed by atoms with van der Waals surface area (Å²) in [6.07, 6.45) is 2.56. The lowest BCUT2D eigenvalue weighted by Gasteiger charge is -2.21. The van der Waals surface area contributed by atoms with Crippen molar-refractivity contribution in [3.63, 3.8) is 0 Å². The molecule has 0 saturated carbocycles. The molecule has 1 amide bonds. The number of anilines is 1. The Labute approximate surface area is 159 Å². The molecule has 0 N–H and O–H groups in total. The quantitative estimate of drug-likeness (QED) is 0.508. The lowest BCUT2D eigenvalue weighted by molar-refractivity contribution is 0.0985. The zero-order chi connectivity index (χ0) is 18.7. The van der Waals surface area contributed by atoms with Gasteiger partial charge in [0.15, 0.2) is 0 Å². The summed E-state index contributed by atoms with van der Waals surface area (Å²) in [6.45, 7) is 3.98. The lowest BCUT2D eigenvalue weighted by atomic mass is 10.1. The number of thiophene rings is 1. The number of benzene rings is 1. The molecule has 1 atom stereocenters. The van der Waals surface area contributed by atoms with Crippen LogP contribution >= 0.6 is 11.3 Å². The maximum Gasteiger partial charge on any atom is 0.268 e. The van der Waals surface area contributed by atoms with Crippen LogP contribution in [0.25, 0.3) is 15.9 Å². The highest BCUT2D eigenvalue weighted by Crippen LogP contribution is 2.34. The lowest BCUT2D eigenvalue weighted by Crippen LogP contribution is -2.35. The first-order valence-electron chi connectivity index (χ1n) is 8.87. The molecule has 0 bridgehead atoms. The van der Waals surface area contributed by atoms with E-state index in [-0.39, 0.29) is 17.5 Å². The highest BCUT2D eigenvalue weighted by Gasteiger charge is 2.32. The van der Waals surface area contributed by atoms with Crippen LogP contribution in [-0.2, 0) is 6.42 Å². The molecular formula is C21H17N3O2S. The summed E-state index contributed by atoms with van der Waals surface area (Å²) in [5.74, 6) is -0.0689. The number of fused-ring (bicyclic) bond motifs is 3. The zero-order valence-corrected chi connectivity index (χ0v) is 15.8. The van der Waals surface area contributed by atoms with Crippen LogP contribution in [0.2, 0.25) is 0 Å². The van der Waals surface area contributed by atoms with E-state index in [0.717, 1.165) is 17.7 Å². The molecule has 134 valence electrons. The van der Waals surface area contributed by atoms with E-state index < -0.39 is 0 Å². The smallest absolute Gasteiger partial charge is 0.268 e. The minimum Gasteiger partial charge on any atom is -0.304 e. The van der Waals surface area contributed by atoms with Crippen LogP contribution in [0.4, 0.5) is 5.69 Å². The van der Waals surface area contributed by atoms with Gasteiger partial charge in [-0.05, 0) is 49.6 Å². The number of para-hydroxylation sites is 1. The van der Waals surface area contributed by atoms with Crippen LogP contribution in [0.1, 0.15) is 27.7 Å². The van der Waals surface area contributed by atoms with Gasteiger partial charge in [0.25, 0.3) is 11.5 Å². The first kappa shape index (κ1) is 16.2. The van der Waals surface area contributed by atoms with Crippen LogP contribution < -0.4 is 10.5 Å². The van der Waals surface area contributed by atoms with Crippen molar-refractivity contribution in [3.05, 3.63) is 75.0 Å². The summed E-state index contributed by atoms with van der Waals surface area (Å²) in [5.41, 5.74) is 3.57. The van der Waals surface area contributed by atoms with Crippen LogP contribution in [0.5, 0.6) is 0 Å². The third-order valence-electron chi connectivity index (χ3n) is 5.17. The second-order valence-electron chi connectivity index (χ2n) is 6.99. The fraction of sp³-hybridized carbons (Fsp3) is 0.190. The molecule has 4 aromatic rings. The molecule has 5 rings (SSSR count). The monoisotopic (exact) mass is 375 g/mol. The molecule has 4 heterocycles. The van der Waals surface area contributed by atoms with Crippen molar-refractivity contribution in [2.45, 2.75) is 26.3 Å². The van der Waals surface area contributed by atoms with Gasteiger partial charge in [-0.1, -0.05) is 24.3 Å². The Morgan fingerprint density at radius 1 is 1.22 bits per heavy atom. The number of rotatable bonds is 1. The van der Waals surface area contributed by atoms with E-state index in [2.05, 4.69) is 18.0 Å². The Balaban J connectivity index is 1.67. The highest BCUT2D eigenvalue weighted by atomic mass is 32.1. The Hall–Kier alpha value is -2.99. The van der Waals surface area contributed by atoms with E-state index in [9.17, 15) is 9.59 Å². The first-order valence-corrected chi connectivity index (χ1v) is 9.69. The second-order valence-corrected chi connectivity index (χ2v) is 8.02. The average Bonchev–Trinajstić information content (AvgIpc) is 3.23. The fourth-order valence-electron chi connectivity index (χ4n) is 3.86. The van der Waals surface area contributed by atoms with Gasteiger partial charge in [0.05, 0.1) is 10.3 Å². The van der Waals surface area contributed by atoms with Crippen LogP contribution in [0.15, 0.2) is 53.5 Å². The standard InChI is InChI=1S/C21H17N3O2S/c1-12-6-5-9-23-18(12)22-19-15(20(23)25)11-17(27-19)21(26)24-13(2)10-14-7-3-4-8-16(14)24/h3-9,11,13H,10H2,1-2H3/t13-/m1/s1. The predicted octanol–water partition coefficient (Wildman–Crippen LogP) is 3.81. The van der Waals surface area contributed by atoms with Gasteiger partial charge >= 0.3 is 0 Å². The number of hydrogen-bond donors (Lipinski definition) is 0. The number of aromatic nitrogens is 2. The van der Waals surface area contributed by atoms with Gasteiger partial charge < -0.3 is 4.90 Å². The van der Waals surface area contributed by atoms with Crippen molar-refractivity contribution in [1.82, 2.24) is 9.38 Å². The van der Waals surface area contributed by atoms with Crippen molar-refractivity contribution >= 4 is 38.8 Å². The molecule has 0 saturated heterocycles. The summed E-state index contributed by atoms with van der Waals surface area (Å²) >= 11 is 1.29. The molecular weight excluding hydrogens is 358 g/mol. The Morgan fingerprint density at radius 2 is 2.04 bits per heavy atom. The Kier molecular flexibility index (Phi) is 3.45. The number of carbonyl (C=O) groups excluding carboxylic acids is 1. The molecule has 5 nitrogen and oxygen atoms in total. The second kappa shape index (κ2) is 5.76. The largest absolute Gasteiger partial charge is 0.304 e. The van der Waals surface area contributed by atoms with E-state index in [1.54, 1.807) is 16.7 Å². The van der Waals surface area contributed by atoms with Gasteiger partial charge in [-0.2, -0.15) is 0 Å². The normalized spacial score (nSPS) is 16.2. The molecule has 0 spiro atoms. The summed E-state index contributed by atoms with van der Waals surface area (Å²) in [4.78, 5) is 33.8. The van der Waals surface area contributed by atoms with Gasteiger partial charge in [-0.15, -0.1) is 11.3 Å². The average molecular weight is 375 g/mol. The Morgan fingerprint density at radius 3 is 2.89 bits per heavy atom. The van der Waals surface area contributed by atoms with Crippen LogP contribution in [0.3, 0.4) is 0 Å². The van der Waals surface area contributed by atoms with Gasteiger partial charge in [-0.3, -0.25) is 14.0 Å². The summed E-state index contributed by atoms with van der Waals surface area (Å²) in [5, 5.41) is 0.492. The molecule has 0 aliphatic carbocycles. The third-order valence-corrected chi connectivity index (χ3v) is 6.19. The van der Waals surface area contributed by atoms with E-state index in [1.165, 1.54) is 16.9 Å². The molecule has 1 aliphatic heterocycles. The maximum absolute atomic E-state index is 13.3. The molecule has 1 aliphatic rings. The number of nitrogens with zero attached hydrogens (tertiary/aromatic N) is 3. The molecule has 0 fully saturated rings. The van der Waals surface area contributed by atoms with E-state index in [4.69, 9.17) is 0 Å².